The van der Waals surface area contributed by atoms with Gasteiger partial charge in [0, 0.05) is 38.6 Å². The number of hydrogen-bond donors (Lipinski definition) is 2. The van der Waals surface area contributed by atoms with Crippen LogP contribution in [0.1, 0.15) is 15.9 Å². The second-order valence-corrected chi connectivity index (χ2v) is 6.34. The lowest BCUT2D eigenvalue weighted by Gasteiger charge is -2.26. The molecular weight excluding hydrogens is 373 g/mol. The summed E-state index contributed by atoms with van der Waals surface area (Å²) >= 11 is 0. The highest BCUT2D eigenvalue weighted by atomic mass is 19.4. The zero-order valence-electron chi connectivity index (χ0n) is 15.1. The summed E-state index contributed by atoms with van der Waals surface area (Å²) in [4.78, 5) is 18.7. The van der Waals surface area contributed by atoms with Gasteiger partial charge in [0.05, 0.1) is 35.7 Å². The first-order valence-corrected chi connectivity index (χ1v) is 8.90. The summed E-state index contributed by atoms with van der Waals surface area (Å²) in [5, 5.41) is 5.50. The molecule has 150 valence electrons. The highest BCUT2D eigenvalue weighted by Crippen LogP contribution is 2.34. The molecule has 1 aromatic heterocycles. The number of nitrogens with zero attached hydrogens (tertiary/aromatic N) is 2. The summed E-state index contributed by atoms with van der Waals surface area (Å²) in [5.74, 6) is -0.652. The number of alkyl halides is 3. The van der Waals surface area contributed by atoms with Gasteiger partial charge in [0.1, 0.15) is 0 Å². The molecule has 1 aromatic carbocycles. The van der Waals surface area contributed by atoms with Gasteiger partial charge in [0.2, 0.25) is 0 Å². The molecule has 1 saturated heterocycles. The molecule has 28 heavy (non-hydrogen) atoms. The van der Waals surface area contributed by atoms with Crippen molar-refractivity contribution in [3.8, 4) is 0 Å². The number of amides is 1. The Morgan fingerprint density at radius 1 is 1.18 bits per heavy atom. The lowest BCUT2D eigenvalue weighted by Crippen LogP contribution is -2.39. The van der Waals surface area contributed by atoms with Crippen LogP contribution in [-0.2, 0) is 10.9 Å². The minimum absolute atomic E-state index is 0.174. The second kappa shape index (κ2) is 9.03. The highest BCUT2D eigenvalue weighted by molar-refractivity contribution is 6.05. The van der Waals surface area contributed by atoms with E-state index < -0.39 is 17.6 Å². The van der Waals surface area contributed by atoms with E-state index in [-0.39, 0.29) is 11.3 Å². The molecule has 1 amide bonds. The zero-order chi connectivity index (χ0) is 20.0. The van der Waals surface area contributed by atoms with Gasteiger partial charge in [-0.1, -0.05) is 12.1 Å². The SMILES string of the molecule is O=C(Nc1ccccc1C(F)(F)F)c1cncc(NCCN2CCOCC2)c1. The van der Waals surface area contributed by atoms with E-state index in [9.17, 15) is 18.0 Å². The summed E-state index contributed by atoms with van der Waals surface area (Å²) in [6, 6.07) is 6.43. The molecule has 2 N–H and O–H groups in total. The fourth-order valence-electron chi connectivity index (χ4n) is 2.88. The van der Waals surface area contributed by atoms with Crippen molar-refractivity contribution in [1.82, 2.24) is 9.88 Å². The van der Waals surface area contributed by atoms with Crippen LogP contribution in [0.15, 0.2) is 42.7 Å². The van der Waals surface area contributed by atoms with Gasteiger partial charge in [-0.3, -0.25) is 14.7 Å². The third-order valence-corrected chi connectivity index (χ3v) is 4.34. The average Bonchev–Trinajstić information content (AvgIpc) is 2.69. The largest absolute Gasteiger partial charge is 0.418 e. The van der Waals surface area contributed by atoms with Crippen molar-refractivity contribution in [3.05, 3.63) is 53.9 Å². The number of carbonyl (C=O) groups is 1. The monoisotopic (exact) mass is 394 g/mol. The second-order valence-electron chi connectivity index (χ2n) is 6.34. The van der Waals surface area contributed by atoms with Crippen molar-refractivity contribution in [2.24, 2.45) is 0 Å². The van der Waals surface area contributed by atoms with Crippen LogP contribution in [0.2, 0.25) is 0 Å². The van der Waals surface area contributed by atoms with Crippen LogP contribution < -0.4 is 10.6 Å². The van der Waals surface area contributed by atoms with E-state index >= 15 is 0 Å². The molecule has 6 nitrogen and oxygen atoms in total. The van der Waals surface area contributed by atoms with Gasteiger partial charge in [-0.05, 0) is 18.2 Å². The van der Waals surface area contributed by atoms with Crippen molar-refractivity contribution < 1.29 is 22.7 Å². The lowest BCUT2D eigenvalue weighted by molar-refractivity contribution is -0.136. The molecule has 0 atom stereocenters. The van der Waals surface area contributed by atoms with E-state index in [1.165, 1.54) is 24.4 Å². The number of benzene rings is 1. The van der Waals surface area contributed by atoms with Gasteiger partial charge >= 0.3 is 6.18 Å². The van der Waals surface area contributed by atoms with Gasteiger partial charge in [0.15, 0.2) is 0 Å². The van der Waals surface area contributed by atoms with Crippen LogP contribution in [0.5, 0.6) is 0 Å². The standard InChI is InChI=1S/C19H21F3N4O2/c20-19(21,22)16-3-1-2-4-17(16)25-18(27)14-11-15(13-23-12-14)24-5-6-26-7-9-28-10-8-26/h1-4,11-13,24H,5-10H2,(H,25,27). The summed E-state index contributed by atoms with van der Waals surface area (Å²) in [7, 11) is 0. The molecule has 0 unspecified atom stereocenters. The van der Waals surface area contributed by atoms with E-state index in [1.807, 2.05) is 0 Å². The normalized spacial score (nSPS) is 15.2. The molecule has 0 saturated carbocycles. The molecule has 9 heteroatoms. The minimum Gasteiger partial charge on any atom is -0.382 e. The quantitative estimate of drug-likeness (QED) is 0.788. The van der Waals surface area contributed by atoms with Gasteiger partial charge in [-0.2, -0.15) is 13.2 Å². The Balaban J connectivity index is 1.61. The fraction of sp³-hybridized carbons (Fsp3) is 0.368. The number of anilines is 2. The van der Waals surface area contributed by atoms with E-state index in [0.29, 0.717) is 12.2 Å². The Hall–Kier alpha value is -2.65. The van der Waals surface area contributed by atoms with Gasteiger partial charge in [0.25, 0.3) is 5.91 Å². The van der Waals surface area contributed by atoms with Gasteiger partial charge < -0.3 is 15.4 Å². The number of pyridine rings is 1. The Labute approximate surface area is 160 Å². The number of carbonyl (C=O) groups excluding carboxylic acids is 1. The van der Waals surface area contributed by atoms with Crippen LogP contribution in [0, 0.1) is 0 Å². The number of ether oxygens (including phenoxy) is 1. The Bertz CT molecular complexity index is 808. The van der Waals surface area contributed by atoms with E-state index in [0.717, 1.165) is 38.9 Å². The maximum atomic E-state index is 13.1. The zero-order valence-corrected chi connectivity index (χ0v) is 15.1. The third-order valence-electron chi connectivity index (χ3n) is 4.34. The fourth-order valence-corrected chi connectivity index (χ4v) is 2.88. The topological polar surface area (TPSA) is 66.5 Å². The number of nitrogens with one attached hydrogen (secondary N) is 2. The van der Waals surface area contributed by atoms with Crippen molar-refractivity contribution in [3.63, 3.8) is 0 Å². The predicted octanol–water partition coefficient (Wildman–Crippen LogP) is 3.10. The number of para-hydroxylation sites is 1. The summed E-state index contributed by atoms with van der Waals surface area (Å²) in [5.41, 5.74) is -0.375. The maximum absolute atomic E-state index is 13.1. The molecule has 0 aliphatic carbocycles. The molecule has 0 bridgehead atoms. The Kier molecular flexibility index (Phi) is 6.48. The number of rotatable bonds is 6. The Morgan fingerprint density at radius 3 is 2.68 bits per heavy atom. The van der Waals surface area contributed by atoms with Gasteiger partial charge in [-0.15, -0.1) is 0 Å². The van der Waals surface area contributed by atoms with Crippen molar-refractivity contribution in [1.29, 1.82) is 0 Å². The number of hydrogen-bond acceptors (Lipinski definition) is 5. The summed E-state index contributed by atoms with van der Waals surface area (Å²) in [6.45, 7) is 4.66. The van der Waals surface area contributed by atoms with Crippen molar-refractivity contribution in [2.45, 2.75) is 6.18 Å². The van der Waals surface area contributed by atoms with Gasteiger partial charge in [-0.25, -0.2) is 0 Å². The van der Waals surface area contributed by atoms with E-state index in [1.54, 1.807) is 12.3 Å². The highest BCUT2D eigenvalue weighted by Gasteiger charge is 2.33. The van der Waals surface area contributed by atoms with Crippen molar-refractivity contribution in [2.75, 3.05) is 50.0 Å². The third kappa shape index (κ3) is 5.43. The number of halogens is 3. The lowest BCUT2D eigenvalue weighted by atomic mass is 10.1. The molecule has 2 heterocycles. The molecule has 1 fully saturated rings. The Morgan fingerprint density at radius 2 is 1.93 bits per heavy atom. The predicted molar refractivity (Wildman–Crippen MR) is 99.4 cm³/mol. The van der Waals surface area contributed by atoms with E-state index in [4.69, 9.17) is 4.74 Å². The minimum atomic E-state index is -4.55. The number of morpholine rings is 1. The molecule has 1 aliphatic rings. The first-order valence-electron chi connectivity index (χ1n) is 8.90. The molecule has 3 rings (SSSR count). The van der Waals surface area contributed by atoms with Crippen LogP contribution >= 0.6 is 0 Å². The smallest absolute Gasteiger partial charge is 0.382 e. The molecule has 0 spiro atoms. The van der Waals surface area contributed by atoms with Crippen LogP contribution in [-0.4, -0.2) is 55.2 Å². The van der Waals surface area contributed by atoms with Crippen LogP contribution in [0.3, 0.4) is 0 Å². The van der Waals surface area contributed by atoms with E-state index in [2.05, 4.69) is 20.5 Å². The summed E-state index contributed by atoms with van der Waals surface area (Å²) < 4.78 is 44.5. The molecule has 0 radical (unpaired) electrons. The number of aromatic nitrogens is 1. The maximum Gasteiger partial charge on any atom is 0.418 e. The molecule has 1 aliphatic heterocycles. The summed E-state index contributed by atoms with van der Waals surface area (Å²) in [6.07, 6.45) is -1.66. The molecular formula is C19H21F3N4O2. The molecule has 2 aromatic rings. The van der Waals surface area contributed by atoms with Crippen LogP contribution in [0.4, 0.5) is 24.5 Å². The van der Waals surface area contributed by atoms with Crippen molar-refractivity contribution >= 4 is 17.3 Å². The average molecular weight is 394 g/mol. The first-order chi connectivity index (χ1) is 13.4. The first kappa shape index (κ1) is 20.1. The van der Waals surface area contributed by atoms with Crippen LogP contribution in [0.25, 0.3) is 0 Å².